The summed E-state index contributed by atoms with van der Waals surface area (Å²) >= 11 is 0. The molecule has 1 unspecified atom stereocenters. The number of nitrogens with one attached hydrogen (secondary N) is 1. The van der Waals surface area contributed by atoms with Crippen LogP contribution < -0.4 is 10.2 Å². The zero-order valence-electron chi connectivity index (χ0n) is 13.0. The van der Waals surface area contributed by atoms with E-state index < -0.39 is 6.10 Å². The third-order valence-corrected chi connectivity index (χ3v) is 4.73. The second-order valence-corrected chi connectivity index (χ2v) is 6.52. The van der Waals surface area contributed by atoms with Crippen LogP contribution >= 0.6 is 0 Å². The molecular weight excluding hydrogens is 292 g/mol. The number of fused-ring (bicyclic) bond motifs is 1. The fourth-order valence-corrected chi connectivity index (χ4v) is 3.31. The highest BCUT2D eigenvalue weighted by Gasteiger charge is 2.32. The van der Waals surface area contributed by atoms with Crippen LogP contribution in [0.5, 0.6) is 0 Å². The number of nitriles is 1. The van der Waals surface area contributed by atoms with Gasteiger partial charge in [-0.25, -0.2) is 4.98 Å². The fourth-order valence-electron chi connectivity index (χ4n) is 3.31. The van der Waals surface area contributed by atoms with Crippen molar-refractivity contribution in [3.05, 3.63) is 22.9 Å². The number of ether oxygens (including phenoxy) is 1. The van der Waals surface area contributed by atoms with Crippen molar-refractivity contribution >= 4 is 11.7 Å². The molecule has 0 bridgehead atoms. The van der Waals surface area contributed by atoms with E-state index >= 15 is 0 Å². The van der Waals surface area contributed by atoms with E-state index in [1.165, 1.54) is 5.56 Å². The lowest BCUT2D eigenvalue weighted by molar-refractivity contribution is -0.133. The van der Waals surface area contributed by atoms with Crippen molar-refractivity contribution in [2.24, 2.45) is 0 Å². The van der Waals surface area contributed by atoms with Gasteiger partial charge >= 0.3 is 0 Å². The van der Waals surface area contributed by atoms with Crippen molar-refractivity contribution in [2.75, 3.05) is 24.6 Å². The minimum absolute atomic E-state index is 0.0446. The number of aryl methyl sites for hydroxylation is 2. The summed E-state index contributed by atoms with van der Waals surface area (Å²) in [7, 11) is 0. The van der Waals surface area contributed by atoms with Crippen molar-refractivity contribution in [1.82, 2.24) is 10.3 Å². The van der Waals surface area contributed by atoms with Gasteiger partial charge < -0.3 is 15.0 Å². The number of hydrogen-bond donors (Lipinski definition) is 1. The highest BCUT2D eigenvalue weighted by Crippen LogP contribution is 2.28. The van der Waals surface area contributed by atoms with Gasteiger partial charge in [0.05, 0.1) is 18.7 Å². The van der Waals surface area contributed by atoms with Crippen LogP contribution in [0.4, 0.5) is 5.82 Å². The highest BCUT2D eigenvalue weighted by molar-refractivity contribution is 5.82. The van der Waals surface area contributed by atoms with Gasteiger partial charge in [-0.05, 0) is 43.7 Å². The summed E-state index contributed by atoms with van der Waals surface area (Å²) in [6.45, 7) is 1.60. The molecule has 1 aromatic heterocycles. The Bertz CT molecular complexity index is 678. The molecule has 1 saturated heterocycles. The SMILES string of the molecule is N#Cc1cc2c(nc1N1CCOC(C(=O)NC3CC3)C1)CCC2. The van der Waals surface area contributed by atoms with Gasteiger partial charge in [0, 0.05) is 18.3 Å². The first-order valence-electron chi connectivity index (χ1n) is 8.34. The van der Waals surface area contributed by atoms with E-state index in [-0.39, 0.29) is 5.91 Å². The molecular formula is C17H20N4O2. The van der Waals surface area contributed by atoms with Crippen LogP contribution in [0, 0.1) is 11.3 Å². The molecule has 2 heterocycles. The number of aromatic nitrogens is 1. The molecule has 1 atom stereocenters. The van der Waals surface area contributed by atoms with E-state index in [1.807, 2.05) is 11.0 Å². The second-order valence-electron chi connectivity index (χ2n) is 6.52. The van der Waals surface area contributed by atoms with Gasteiger partial charge in [-0.1, -0.05) is 0 Å². The molecule has 6 heteroatoms. The monoisotopic (exact) mass is 312 g/mol. The maximum absolute atomic E-state index is 12.2. The molecule has 1 N–H and O–H groups in total. The quantitative estimate of drug-likeness (QED) is 0.898. The number of carbonyl (C=O) groups excluding carboxylic acids is 1. The van der Waals surface area contributed by atoms with Gasteiger partial charge in [0.2, 0.25) is 0 Å². The summed E-state index contributed by atoms with van der Waals surface area (Å²) in [6, 6.07) is 4.56. The molecule has 4 rings (SSSR count). The third-order valence-electron chi connectivity index (χ3n) is 4.73. The fraction of sp³-hybridized carbons (Fsp3) is 0.588. The van der Waals surface area contributed by atoms with E-state index in [4.69, 9.17) is 9.72 Å². The maximum atomic E-state index is 12.2. The number of amides is 1. The molecule has 3 aliphatic rings. The Balaban J connectivity index is 1.55. The predicted octanol–water partition coefficient (Wildman–Crippen LogP) is 0.926. The highest BCUT2D eigenvalue weighted by atomic mass is 16.5. The van der Waals surface area contributed by atoms with Crippen molar-refractivity contribution in [2.45, 2.75) is 44.2 Å². The first kappa shape index (κ1) is 14.5. The van der Waals surface area contributed by atoms with E-state index in [2.05, 4.69) is 11.4 Å². The Kier molecular flexibility index (Phi) is 3.66. The van der Waals surface area contributed by atoms with Crippen molar-refractivity contribution in [3.63, 3.8) is 0 Å². The van der Waals surface area contributed by atoms with E-state index in [0.717, 1.165) is 37.8 Å². The number of hydrogen-bond acceptors (Lipinski definition) is 5. The molecule has 120 valence electrons. The van der Waals surface area contributed by atoms with Crippen LogP contribution in [0.3, 0.4) is 0 Å². The third kappa shape index (κ3) is 2.89. The summed E-state index contributed by atoms with van der Waals surface area (Å²) in [5.74, 6) is 0.664. The zero-order valence-corrected chi connectivity index (χ0v) is 13.0. The average molecular weight is 312 g/mol. The number of nitrogens with zero attached hydrogens (tertiary/aromatic N) is 3. The number of pyridine rings is 1. The summed E-state index contributed by atoms with van der Waals surface area (Å²) in [5.41, 5.74) is 2.90. The molecule has 0 radical (unpaired) electrons. The van der Waals surface area contributed by atoms with Crippen LogP contribution in [0.1, 0.15) is 36.1 Å². The molecule has 0 spiro atoms. The number of anilines is 1. The zero-order chi connectivity index (χ0) is 15.8. The average Bonchev–Trinajstić information content (AvgIpc) is 3.27. The lowest BCUT2D eigenvalue weighted by atomic mass is 10.1. The van der Waals surface area contributed by atoms with E-state index in [0.29, 0.717) is 37.1 Å². The lowest BCUT2D eigenvalue weighted by Crippen LogP contribution is -2.50. The molecule has 6 nitrogen and oxygen atoms in total. The Morgan fingerprint density at radius 1 is 1.43 bits per heavy atom. The standard InChI is InChI=1S/C17H20N4O2/c18-9-12-8-11-2-1-3-14(11)20-16(12)21-6-7-23-15(10-21)17(22)19-13-4-5-13/h8,13,15H,1-7,10H2,(H,19,22). The summed E-state index contributed by atoms with van der Waals surface area (Å²) in [4.78, 5) is 19.0. The Morgan fingerprint density at radius 2 is 2.30 bits per heavy atom. The maximum Gasteiger partial charge on any atom is 0.251 e. The van der Waals surface area contributed by atoms with Crippen LogP contribution in [0.15, 0.2) is 6.07 Å². The Morgan fingerprint density at radius 3 is 3.09 bits per heavy atom. The molecule has 1 aliphatic heterocycles. The van der Waals surface area contributed by atoms with Crippen LogP contribution in [-0.2, 0) is 22.4 Å². The van der Waals surface area contributed by atoms with Crippen LogP contribution in [0.25, 0.3) is 0 Å². The Hall–Kier alpha value is -2.13. The van der Waals surface area contributed by atoms with Gasteiger partial charge in [0.15, 0.2) is 6.10 Å². The molecule has 2 aliphatic carbocycles. The molecule has 0 aromatic carbocycles. The largest absolute Gasteiger partial charge is 0.365 e. The van der Waals surface area contributed by atoms with Crippen molar-refractivity contribution in [1.29, 1.82) is 5.26 Å². The number of rotatable bonds is 3. The van der Waals surface area contributed by atoms with Gasteiger partial charge in [0.1, 0.15) is 11.9 Å². The first-order valence-corrected chi connectivity index (χ1v) is 8.34. The molecule has 1 aromatic rings. The van der Waals surface area contributed by atoms with Crippen LogP contribution in [0.2, 0.25) is 0 Å². The first-order chi connectivity index (χ1) is 11.2. The number of morpholine rings is 1. The lowest BCUT2D eigenvalue weighted by Gasteiger charge is -2.33. The predicted molar refractivity (Wildman–Crippen MR) is 84.1 cm³/mol. The van der Waals surface area contributed by atoms with Gasteiger partial charge in [0.25, 0.3) is 5.91 Å². The molecule has 23 heavy (non-hydrogen) atoms. The smallest absolute Gasteiger partial charge is 0.251 e. The van der Waals surface area contributed by atoms with E-state index in [9.17, 15) is 10.1 Å². The Labute approximate surface area is 135 Å². The molecule has 1 amide bonds. The van der Waals surface area contributed by atoms with Gasteiger partial charge in [-0.3, -0.25) is 4.79 Å². The summed E-state index contributed by atoms with van der Waals surface area (Å²) in [5, 5.41) is 12.4. The normalized spacial score (nSPS) is 23.3. The van der Waals surface area contributed by atoms with Crippen LogP contribution in [-0.4, -0.2) is 42.7 Å². The summed E-state index contributed by atoms with van der Waals surface area (Å²) in [6.07, 6.45) is 4.73. The second kappa shape index (κ2) is 5.82. The van der Waals surface area contributed by atoms with Gasteiger partial charge in [-0.15, -0.1) is 0 Å². The topological polar surface area (TPSA) is 78.2 Å². The molecule has 1 saturated carbocycles. The minimum Gasteiger partial charge on any atom is -0.365 e. The summed E-state index contributed by atoms with van der Waals surface area (Å²) < 4.78 is 5.62. The minimum atomic E-state index is -0.481. The van der Waals surface area contributed by atoms with Crippen molar-refractivity contribution in [3.8, 4) is 6.07 Å². The molecule has 2 fully saturated rings. The van der Waals surface area contributed by atoms with Crippen molar-refractivity contribution < 1.29 is 9.53 Å². The van der Waals surface area contributed by atoms with E-state index in [1.54, 1.807) is 0 Å². The number of carbonyl (C=O) groups is 1. The van der Waals surface area contributed by atoms with Gasteiger partial charge in [-0.2, -0.15) is 5.26 Å².